The van der Waals surface area contributed by atoms with Gasteiger partial charge in [-0.05, 0) is 62.1 Å². The fourth-order valence-electron chi connectivity index (χ4n) is 8.06. The van der Waals surface area contributed by atoms with Gasteiger partial charge in [-0.1, -0.05) is 12.1 Å². The van der Waals surface area contributed by atoms with Crippen molar-refractivity contribution in [2.75, 3.05) is 13.1 Å². The van der Waals surface area contributed by atoms with Crippen LogP contribution in [0.5, 0.6) is 11.5 Å². The number of carbonyl (C=O) groups excluding carboxylic acids is 2. The summed E-state index contributed by atoms with van der Waals surface area (Å²) in [6.45, 7) is 5.21. The molecule has 3 heterocycles. The Kier molecular flexibility index (Phi) is 7.23. The quantitative estimate of drug-likeness (QED) is 0.191. The number of benzene rings is 2. The second-order valence-electron chi connectivity index (χ2n) is 12.0. The van der Waals surface area contributed by atoms with Crippen molar-refractivity contribution in [3.05, 3.63) is 71.1 Å². The summed E-state index contributed by atoms with van der Waals surface area (Å²) in [5, 5.41) is 55.7. The second-order valence-corrected chi connectivity index (χ2v) is 12.0. The van der Waals surface area contributed by atoms with Gasteiger partial charge in [0.25, 0.3) is 11.8 Å². The van der Waals surface area contributed by atoms with E-state index in [0.29, 0.717) is 44.5 Å². The van der Waals surface area contributed by atoms with E-state index in [9.17, 15) is 33.8 Å². The highest BCUT2D eigenvalue weighted by atomic mass is 19.1. The summed E-state index contributed by atoms with van der Waals surface area (Å²) in [5.41, 5.74) is 0.0127. The molecular formula is C31H31FN2O11. The number of phenolic OH excluding ortho intramolecular Hbond substituents is 1. The minimum absolute atomic E-state index is 0.00923. The molecule has 1 saturated carbocycles. The number of piperidine rings is 1. The third-order valence-corrected chi connectivity index (χ3v) is 9.92. The first-order valence-corrected chi connectivity index (χ1v) is 14.4. The van der Waals surface area contributed by atoms with Crippen LogP contribution >= 0.6 is 0 Å². The summed E-state index contributed by atoms with van der Waals surface area (Å²) in [6.07, 6.45) is -1.53. The van der Waals surface area contributed by atoms with Crippen LogP contribution in [-0.2, 0) is 21.4 Å². The lowest BCUT2D eigenvalue weighted by atomic mass is 9.48. The number of carboxylic acids is 2. The molecule has 7 rings (SSSR count). The monoisotopic (exact) mass is 626 g/mol. The van der Waals surface area contributed by atoms with Crippen molar-refractivity contribution in [3.8, 4) is 11.5 Å². The zero-order valence-electron chi connectivity index (χ0n) is 23.8. The fourth-order valence-corrected chi connectivity index (χ4v) is 8.06. The Morgan fingerprint density at radius 2 is 1.73 bits per heavy atom. The highest BCUT2D eigenvalue weighted by molar-refractivity contribution is 6.21. The number of aliphatic carboxylic acids is 2. The van der Waals surface area contributed by atoms with Gasteiger partial charge in [0.2, 0.25) is 0 Å². The Labute approximate surface area is 255 Å². The zero-order valence-corrected chi connectivity index (χ0v) is 23.8. The molecule has 7 atom stereocenters. The maximum absolute atomic E-state index is 13.9. The first-order valence-electron chi connectivity index (χ1n) is 14.4. The highest BCUT2D eigenvalue weighted by Gasteiger charge is 2.74. The minimum Gasteiger partial charge on any atom is -0.504 e. The first-order chi connectivity index (χ1) is 21.3. The maximum atomic E-state index is 13.9. The van der Waals surface area contributed by atoms with Crippen LogP contribution in [0, 0.1) is 5.82 Å². The number of carbonyl (C=O) groups is 4. The van der Waals surface area contributed by atoms with Gasteiger partial charge in [-0.15, -0.1) is 6.58 Å². The van der Waals surface area contributed by atoms with E-state index >= 15 is 0 Å². The molecule has 3 aliphatic heterocycles. The molecule has 1 saturated heterocycles. The van der Waals surface area contributed by atoms with Crippen molar-refractivity contribution in [1.29, 1.82) is 0 Å². The van der Waals surface area contributed by atoms with Gasteiger partial charge in [-0.25, -0.2) is 14.0 Å². The average Bonchev–Trinajstić information content (AvgIpc) is 3.47. The molecule has 14 heteroatoms. The van der Waals surface area contributed by atoms with E-state index in [1.165, 1.54) is 17.0 Å². The van der Waals surface area contributed by atoms with Gasteiger partial charge in [-0.2, -0.15) is 0 Å². The van der Waals surface area contributed by atoms with Gasteiger partial charge >= 0.3 is 11.9 Å². The van der Waals surface area contributed by atoms with Gasteiger partial charge in [-0.3, -0.25) is 19.4 Å². The third-order valence-electron chi connectivity index (χ3n) is 9.92. The lowest BCUT2D eigenvalue weighted by Crippen LogP contribution is -2.78. The Morgan fingerprint density at radius 3 is 2.38 bits per heavy atom. The van der Waals surface area contributed by atoms with Gasteiger partial charge in [0.05, 0.1) is 28.2 Å². The summed E-state index contributed by atoms with van der Waals surface area (Å²) in [4.78, 5) is 49.8. The Bertz CT molecular complexity index is 1630. The van der Waals surface area contributed by atoms with E-state index in [-0.39, 0.29) is 22.9 Å². The molecule has 2 bridgehead atoms. The van der Waals surface area contributed by atoms with Crippen LogP contribution in [0.15, 0.2) is 43.0 Å². The molecule has 5 aliphatic rings. The maximum Gasteiger partial charge on any atom is 0.335 e. The summed E-state index contributed by atoms with van der Waals surface area (Å²) in [6, 6.07) is 6.29. The summed E-state index contributed by atoms with van der Waals surface area (Å²) in [5.74, 6) is -4.80. The topological polar surface area (TPSA) is 205 Å². The second kappa shape index (κ2) is 10.6. The van der Waals surface area contributed by atoms with Crippen LogP contribution in [0.2, 0.25) is 0 Å². The number of hydrogen-bond acceptors (Lipinski definition) is 10. The number of aliphatic hydroxyl groups excluding tert-OH is 2. The van der Waals surface area contributed by atoms with Gasteiger partial charge in [0.1, 0.15) is 11.9 Å². The number of hydrogen-bond donors (Lipinski definition) is 6. The summed E-state index contributed by atoms with van der Waals surface area (Å²) >= 11 is 0. The molecule has 45 heavy (non-hydrogen) atoms. The van der Waals surface area contributed by atoms with Crippen LogP contribution < -0.4 is 4.74 Å². The van der Waals surface area contributed by atoms with E-state index in [1.54, 1.807) is 6.07 Å². The van der Waals surface area contributed by atoms with Crippen LogP contribution in [0.4, 0.5) is 4.39 Å². The predicted molar refractivity (Wildman–Crippen MR) is 150 cm³/mol. The number of imide groups is 1. The molecule has 238 valence electrons. The van der Waals surface area contributed by atoms with Crippen LogP contribution in [0.1, 0.15) is 51.1 Å². The van der Waals surface area contributed by atoms with E-state index < -0.39 is 64.9 Å². The number of nitrogens with zero attached hydrogens (tertiary/aromatic N) is 2. The van der Waals surface area contributed by atoms with E-state index in [1.807, 2.05) is 12.1 Å². The molecule has 0 radical (unpaired) electrons. The SMILES string of the molecule is C=CCN1CC[C@]23c4c5ccc(O)c4O[C@H]2[C@@H](N2C(=O)c4ccc(F)cc4C2=O)CCC3(O)[C@H]1C5.O=C(O)C(O)C(O)C(=O)O. The number of phenols is 1. The van der Waals surface area contributed by atoms with Crippen molar-refractivity contribution >= 4 is 23.8 Å². The molecule has 13 nitrogen and oxygen atoms in total. The number of rotatable bonds is 6. The molecule has 3 unspecified atom stereocenters. The number of halogens is 1. The predicted octanol–water partition coefficient (Wildman–Crippen LogP) is 0.414. The lowest BCUT2D eigenvalue weighted by molar-refractivity contribution is -0.194. The Hall–Kier alpha value is -4.37. The molecule has 2 aromatic rings. The highest BCUT2D eigenvalue weighted by Crippen LogP contribution is 2.66. The zero-order chi connectivity index (χ0) is 32.6. The van der Waals surface area contributed by atoms with Crippen LogP contribution in [0.3, 0.4) is 0 Å². The fraction of sp³-hybridized carbons (Fsp3) is 0.419. The number of likely N-dealkylation sites (tertiary alicyclic amines) is 1. The van der Waals surface area contributed by atoms with E-state index in [4.69, 9.17) is 25.2 Å². The number of aromatic hydroxyl groups is 1. The lowest BCUT2D eigenvalue weighted by Gasteiger charge is -2.64. The molecule has 0 aromatic heterocycles. The molecule has 6 N–H and O–H groups in total. The largest absolute Gasteiger partial charge is 0.504 e. The molecule has 2 fully saturated rings. The van der Waals surface area contributed by atoms with E-state index in [2.05, 4.69) is 11.5 Å². The van der Waals surface area contributed by atoms with Gasteiger partial charge in [0.15, 0.2) is 23.7 Å². The van der Waals surface area contributed by atoms with Crippen molar-refractivity contribution in [2.45, 2.75) is 67.1 Å². The van der Waals surface area contributed by atoms with Crippen molar-refractivity contribution < 1.29 is 58.9 Å². The average molecular weight is 627 g/mol. The van der Waals surface area contributed by atoms with Crippen molar-refractivity contribution in [1.82, 2.24) is 9.80 Å². The standard InChI is InChI=1S/C27H25FN2O5.C4H6O6/c1-2-10-29-11-9-26-21-14-3-6-19(31)22(21)35-23(26)18(7-8-27(26,34)20(29)12-14)30-24(32)16-5-4-15(28)13-17(16)25(30)33;5-1(3(7)8)2(6)4(9)10/h2-6,13,18,20,23,31,34H,1,7-12H2;1-2,5-6H,(H,7,8)(H,9,10)/t18-,20+,23-,26-,27?;/m0./s1. The van der Waals surface area contributed by atoms with Gasteiger partial charge in [0, 0.05) is 18.2 Å². The normalized spacial score (nSPS) is 30.3. The number of fused-ring (bicyclic) bond motifs is 1. The minimum atomic E-state index is -2.27. The Balaban J connectivity index is 0.000000311. The van der Waals surface area contributed by atoms with Gasteiger partial charge < -0.3 is 35.4 Å². The third kappa shape index (κ3) is 4.20. The molecule has 2 aromatic carbocycles. The summed E-state index contributed by atoms with van der Waals surface area (Å²) < 4.78 is 20.4. The number of aliphatic hydroxyl groups is 3. The van der Waals surface area contributed by atoms with Crippen LogP contribution in [0.25, 0.3) is 0 Å². The number of carboxylic acid groups (broad SMARTS) is 2. The van der Waals surface area contributed by atoms with Crippen molar-refractivity contribution in [3.63, 3.8) is 0 Å². The molecule has 2 amide bonds. The van der Waals surface area contributed by atoms with E-state index in [0.717, 1.165) is 17.2 Å². The molecular weight excluding hydrogens is 595 g/mol. The molecule has 1 spiro atoms. The molecule has 2 aliphatic carbocycles. The number of amides is 2. The van der Waals surface area contributed by atoms with Crippen LogP contribution in [-0.4, -0.2) is 113 Å². The Morgan fingerprint density at radius 1 is 1.07 bits per heavy atom. The number of ether oxygens (including phenoxy) is 1. The van der Waals surface area contributed by atoms with Crippen molar-refractivity contribution in [2.24, 2.45) is 0 Å². The first kappa shape index (κ1) is 30.6. The summed E-state index contributed by atoms with van der Waals surface area (Å²) in [7, 11) is 0. The smallest absolute Gasteiger partial charge is 0.335 e.